The molecule has 8 heteroatoms. The van der Waals surface area contributed by atoms with Gasteiger partial charge in [0.15, 0.2) is 6.10 Å². The first-order valence-electron chi connectivity index (χ1n) is 7.48. The number of nitrogens with zero attached hydrogens (tertiary/aromatic N) is 2. The SMILES string of the molecule is CCc1nnc(NC(=O)C(C)Oc2cccc3ccc(=O)[nH]c23)s1. The van der Waals surface area contributed by atoms with E-state index in [1.165, 1.54) is 17.4 Å². The third kappa shape index (κ3) is 3.43. The van der Waals surface area contributed by atoms with Gasteiger partial charge < -0.3 is 9.72 Å². The number of H-pyrrole nitrogens is 1. The number of fused-ring (bicyclic) bond motifs is 1. The van der Waals surface area contributed by atoms with Crippen LogP contribution >= 0.6 is 11.3 Å². The number of nitrogens with one attached hydrogen (secondary N) is 2. The lowest BCUT2D eigenvalue weighted by Crippen LogP contribution is -2.30. The molecule has 2 heterocycles. The van der Waals surface area contributed by atoms with Gasteiger partial charge in [0.05, 0.1) is 5.52 Å². The van der Waals surface area contributed by atoms with Crippen LogP contribution in [0.4, 0.5) is 5.13 Å². The van der Waals surface area contributed by atoms with Crippen molar-refractivity contribution in [3.8, 4) is 5.75 Å². The van der Waals surface area contributed by atoms with Crippen molar-refractivity contribution >= 4 is 33.3 Å². The molecule has 0 radical (unpaired) electrons. The summed E-state index contributed by atoms with van der Waals surface area (Å²) < 4.78 is 5.72. The van der Waals surface area contributed by atoms with Gasteiger partial charge in [-0.25, -0.2) is 0 Å². The van der Waals surface area contributed by atoms with E-state index in [0.29, 0.717) is 16.4 Å². The number of para-hydroxylation sites is 1. The van der Waals surface area contributed by atoms with E-state index in [4.69, 9.17) is 4.74 Å². The van der Waals surface area contributed by atoms with Gasteiger partial charge in [-0.05, 0) is 25.5 Å². The molecule has 1 aromatic carbocycles. The van der Waals surface area contributed by atoms with Crippen LogP contribution in [-0.2, 0) is 11.2 Å². The number of pyridine rings is 1. The number of ether oxygens (including phenoxy) is 1. The molecule has 0 aliphatic heterocycles. The van der Waals surface area contributed by atoms with Crippen LogP contribution in [0.25, 0.3) is 10.9 Å². The Bertz CT molecular complexity index is 934. The van der Waals surface area contributed by atoms with Crippen molar-refractivity contribution in [1.29, 1.82) is 0 Å². The highest BCUT2D eigenvalue weighted by atomic mass is 32.1. The molecule has 3 rings (SSSR count). The van der Waals surface area contributed by atoms with Gasteiger partial charge in [-0.15, -0.1) is 10.2 Å². The molecule has 7 nitrogen and oxygen atoms in total. The molecule has 2 aromatic heterocycles. The first-order chi connectivity index (χ1) is 11.6. The van der Waals surface area contributed by atoms with Crippen LogP contribution in [0.3, 0.4) is 0 Å². The number of carbonyl (C=O) groups excluding carboxylic acids is 1. The summed E-state index contributed by atoms with van der Waals surface area (Å²) in [7, 11) is 0. The van der Waals surface area contributed by atoms with Crippen LogP contribution in [-0.4, -0.2) is 27.2 Å². The molecule has 24 heavy (non-hydrogen) atoms. The van der Waals surface area contributed by atoms with E-state index in [2.05, 4.69) is 20.5 Å². The molecule has 3 aromatic rings. The molecule has 0 aliphatic carbocycles. The van der Waals surface area contributed by atoms with Gasteiger partial charge >= 0.3 is 0 Å². The Morgan fingerprint density at radius 3 is 2.92 bits per heavy atom. The molecule has 1 amide bonds. The monoisotopic (exact) mass is 344 g/mol. The maximum Gasteiger partial charge on any atom is 0.266 e. The van der Waals surface area contributed by atoms with Crippen molar-refractivity contribution in [2.75, 3.05) is 5.32 Å². The van der Waals surface area contributed by atoms with Crippen molar-refractivity contribution in [3.63, 3.8) is 0 Å². The second kappa shape index (κ2) is 6.79. The summed E-state index contributed by atoms with van der Waals surface area (Å²) in [6.45, 7) is 3.61. The zero-order valence-corrected chi connectivity index (χ0v) is 14.0. The van der Waals surface area contributed by atoms with E-state index in [1.807, 2.05) is 13.0 Å². The number of amides is 1. The average molecular weight is 344 g/mol. The molecule has 2 N–H and O–H groups in total. The Hall–Kier alpha value is -2.74. The van der Waals surface area contributed by atoms with Crippen molar-refractivity contribution in [2.24, 2.45) is 0 Å². The Balaban J connectivity index is 1.76. The highest BCUT2D eigenvalue weighted by Crippen LogP contribution is 2.23. The zero-order valence-electron chi connectivity index (χ0n) is 13.2. The Morgan fingerprint density at radius 2 is 2.17 bits per heavy atom. The fourth-order valence-electron chi connectivity index (χ4n) is 2.15. The predicted octanol–water partition coefficient (Wildman–Crippen LogP) is 2.35. The number of hydrogen-bond acceptors (Lipinski definition) is 6. The lowest BCUT2D eigenvalue weighted by atomic mass is 10.2. The summed E-state index contributed by atoms with van der Waals surface area (Å²) in [6, 6.07) is 8.53. The number of rotatable bonds is 5. The van der Waals surface area contributed by atoms with Crippen molar-refractivity contribution < 1.29 is 9.53 Å². The van der Waals surface area contributed by atoms with Gasteiger partial charge in [0, 0.05) is 11.5 Å². The third-order valence-corrected chi connectivity index (χ3v) is 4.38. The van der Waals surface area contributed by atoms with E-state index in [-0.39, 0.29) is 11.5 Å². The fourth-order valence-corrected chi connectivity index (χ4v) is 2.83. The molecule has 0 bridgehead atoms. The Labute approximate surface area is 141 Å². The molecule has 0 fully saturated rings. The fraction of sp³-hybridized carbons (Fsp3) is 0.250. The van der Waals surface area contributed by atoms with Crippen molar-refractivity contribution in [1.82, 2.24) is 15.2 Å². The predicted molar refractivity (Wildman–Crippen MR) is 92.6 cm³/mol. The molecule has 1 unspecified atom stereocenters. The van der Waals surface area contributed by atoms with E-state index in [1.54, 1.807) is 25.1 Å². The number of hydrogen-bond donors (Lipinski definition) is 2. The second-order valence-corrected chi connectivity index (χ2v) is 6.21. The largest absolute Gasteiger partial charge is 0.479 e. The van der Waals surface area contributed by atoms with Gasteiger partial charge in [-0.1, -0.05) is 30.4 Å². The van der Waals surface area contributed by atoms with Crippen LogP contribution in [0, 0.1) is 0 Å². The number of aromatic nitrogens is 3. The first-order valence-corrected chi connectivity index (χ1v) is 8.30. The van der Waals surface area contributed by atoms with Crippen LogP contribution in [0.5, 0.6) is 5.75 Å². The van der Waals surface area contributed by atoms with Gasteiger partial charge in [-0.2, -0.15) is 0 Å². The maximum atomic E-state index is 12.2. The lowest BCUT2D eigenvalue weighted by molar-refractivity contribution is -0.122. The highest BCUT2D eigenvalue weighted by Gasteiger charge is 2.18. The standard InChI is InChI=1S/C16H16N4O3S/c1-3-13-19-20-16(24-13)18-15(22)9(2)23-11-6-4-5-10-7-8-12(21)17-14(10)11/h4-9H,3H2,1-2H3,(H,17,21)(H,18,20,22). The third-order valence-electron chi connectivity index (χ3n) is 3.39. The van der Waals surface area contributed by atoms with Gasteiger partial charge in [0.1, 0.15) is 10.8 Å². The number of benzene rings is 1. The number of carbonyl (C=O) groups is 1. The molecule has 1 atom stereocenters. The van der Waals surface area contributed by atoms with E-state index in [0.717, 1.165) is 16.8 Å². The minimum atomic E-state index is -0.756. The summed E-state index contributed by atoms with van der Waals surface area (Å²) in [5, 5.41) is 12.7. The number of aryl methyl sites for hydroxylation is 1. The molecular weight excluding hydrogens is 328 g/mol. The van der Waals surface area contributed by atoms with Crippen molar-refractivity contribution in [3.05, 3.63) is 45.7 Å². The molecule has 0 aliphatic rings. The summed E-state index contributed by atoms with van der Waals surface area (Å²) >= 11 is 1.33. The molecule has 0 saturated carbocycles. The normalized spacial score (nSPS) is 12.1. The summed E-state index contributed by atoms with van der Waals surface area (Å²) in [4.78, 5) is 26.5. The quantitative estimate of drug-likeness (QED) is 0.740. The van der Waals surface area contributed by atoms with Crippen LogP contribution in [0.2, 0.25) is 0 Å². The minimum Gasteiger partial charge on any atom is -0.479 e. The Morgan fingerprint density at radius 1 is 1.33 bits per heavy atom. The van der Waals surface area contributed by atoms with E-state index >= 15 is 0 Å². The molecular formula is C16H16N4O3S. The zero-order chi connectivity index (χ0) is 17.1. The van der Waals surface area contributed by atoms with Crippen LogP contribution in [0.1, 0.15) is 18.9 Å². The summed E-state index contributed by atoms with van der Waals surface area (Å²) in [5.41, 5.74) is 0.338. The molecule has 124 valence electrons. The minimum absolute atomic E-state index is 0.225. The van der Waals surface area contributed by atoms with Gasteiger partial charge in [0.2, 0.25) is 10.7 Å². The Kier molecular flexibility index (Phi) is 4.57. The topological polar surface area (TPSA) is 97.0 Å². The van der Waals surface area contributed by atoms with Gasteiger partial charge in [-0.3, -0.25) is 14.9 Å². The van der Waals surface area contributed by atoms with E-state index in [9.17, 15) is 9.59 Å². The highest BCUT2D eigenvalue weighted by molar-refractivity contribution is 7.15. The lowest BCUT2D eigenvalue weighted by Gasteiger charge is -2.15. The average Bonchev–Trinajstić information content (AvgIpc) is 3.03. The smallest absolute Gasteiger partial charge is 0.266 e. The van der Waals surface area contributed by atoms with Crippen molar-refractivity contribution in [2.45, 2.75) is 26.4 Å². The second-order valence-electron chi connectivity index (χ2n) is 5.15. The van der Waals surface area contributed by atoms with Crippen LogP contribution in [0.15, 0.2) is 35.1 Å². The maximum absolute atomic E-state index is 12.2. The molecule has 0 spiro atoms. The summed E-state index contributed by atoms with van der Waals surface area (Å²) in [6.07, 6.45) is 0.0106. The first kappa shape index (κ1) is 16.1. The number of anilines is 1. The van der Waals surface area contributed by atoms with Gasteiger partial charge in [0.25, 0.3) is 5.91 Å². The molecule has 0 saturated heterocycles. The van der Waals surface area contributed by atoms with E-state index < -0.39 is 6.10 Å². The number of aromatic amines is 1. The van der Waals surface area contributed by atoms with Crippen LogP contribution < -0.4 is 15.6 Å². The summed E-state index contributed by atoms with van der Waals surface area (Å²) in [5.74, 6) is 0.114.